The van der Waals surface area contributed by atoms with Crippen LogP contribution in [0.25, 0.3) is 0 Å². The zero-order valence-corrected chi connectivity index (χ0v) is 11.4. The Bertz CT molecular complexity index is 450. The van der Waals surface area contributed by atoms with Crippen molar-refractivity contribution in [1.29, 1.82) is 0 Å². The molecule has 0 saturated carbocycles. The normalized spacial score (nSPS) is 9.88. The van der Waals surface area contributed by atoms with E-state index in [0.29, 0.717) is 0 Å². The SMILES string of the molecule is COc1ccc(NC(C)=O)cc1.O=S(=O)(Cl)Cl. The molecule has 1 rings (SSSR count). The predicted molar refractivity (Wildman–Crippen MR) is 67.9 cm³/mol. The maximum Gasteiger partial charge on any atom is 0.317 e. The van der Waals surface area contributed by atoms with Crippen molar-refractivity contribution < 1.29 is 17.9 Å². The summed E-state index contributed by atoms with van der Waals surface area (Å²) in [4.78, 5) is 10.6. The van der Waals surface area contributed by atoms with Crippen LogP contribution in [0.2, 0.25) is 0 Å². The lowest BCUT2D eigenvalue weighted by Crippen LogP contribution is -2.05. The summed E-state index contributed by atoms with van der Waals surface area (Å²) in [5.41, 5.74) is 0.781. The maximum atomic E-state index is 10.6. The molecule has 1 aromatic carbocycles. The summed E-state index contributed by atoms with van der Waals surface area (Å²) in [6.45, 7) is 1.48. The molecule has 0 saturated heterocycles. The average molecular weight is 300 g/mol. The number of carbonyl (C=O) groups excluding carboxylic acids is 1. The van der Waals surface area contributed by atoms with Gasteiger partial charge in [-0.25, -0.2) is 0 Å². The van der Waals surface area contributed by atoms with Crippen molar-refractivity contribution in [2.24, 2.45) is 0 Å². The Hall–Kier alpha value is -0.980. The summed E-state index contributed by atoms with van der Waals surface area (Å²) in [5.74, 6) is 0.712. The van der Waals surface area contributed by atoms with E-state index < -0.39 is 8.26 Å². The number of ether oxygens (including phenoxy) is 1. The van der Waals surface area contributed by atoms with Crippen molar-refractivity contribution >= 4 is 41.2 Å². The lowest BCUT2D eigenvalue weighted by Gasteiger charge is -2.02. The van der Waals surface area contributed by atoms with E-state index >= 15 is 0 Å². The van der Waals surface area contributed by atoms with E-state index in [1.807, 2.05) is 0 Å². The first kappa shape index (κ1) is 16.0. The number of methoxy groups -OCH3 is 1. The van der Waals surface area contributed by atoms with Gasteiger partial charge < -0.3 is 10.1 Å². The van der Waals surface area contributed by atoms with Crippen molar-refractivity contribution in [2.75, 3.05) is 12.4 Å². The fraction of sp³-hybridized carbons (Fsp3) is 0.222. The Labute approximate surface area is 109 Å². The predicted octanol–water partition coefficient (Wildman–Crippen LogP) is 2.36. The summed E-state index contributed by atoms with van der Waals surface area (Å²) in [6.07, 6.45) is 0. The number of amides is 1. The monoisotopic (exact) mass is 299 g/mol. The summed E-state index contributed by atoms with van der Waals surface area (Å²) in [6, 6.07) is 7.18. The molecule has 0 unspecified atom stereocenters. The molecule has 0 aliphatic heterocycles. The number of benzene rings is 1. The van der Waals surface area contributed by atoms with Gasteiger partial charge in [0.05, 0.1) is 7.11 Å². The molecule has 0 aliphatic carbocycles. The largest absolute Gasteiger partial charge is 0.497 e. The van der Waals surface area contributed by atoms with Crippen LogP contribution in [0.4, 0.5) is 5.69 Å². The van der Waals surface area contributed by atoms with Crippen LogP contribution >= 0.6 is 21.4 Å². The van der Waals surface area contributed by atoms with Crippen LogP contribution in [-0.2, 0) is 13.1 Å². The quantitative estimate of drug-likeness (QED) is 0.851. The van der Waals surface area contributed by atoms with E-state index in [1.54, 1.807) is 31.4 Å². The first-order chi connectivity index (χ1) is 7.72. The highest BCUT2D eigenvalue weighted by Crippen LogP contribution is 2.14. The highest BCUT2D eigenvalue weighted by Gasteiger charge is 1.94. The van der Waals surface area contributed by atoms with Crippen LogP contribution in [0.5, 0.6) is 5.75 Å². The molecule has 17 heavy (non-hydrogen) atoms. The molecule has 0 heterocycles. The lowest BCUT2D eigenvalue weighted by atomic mass is 10.3. The molecule has 0 radical (unpaired) electrons. The van der Waals surface area contributed by atoms with E-state index in [0.717, 1.165) is 11.4 Å². The van der Waals surface area contributed by atoms with Crippen molar-refractivity contribution in [3.63, 3.8) is 0 Å². The molecule has 8 heteroatoms. The number of hydrogen-bond donors (Lipinski definition) is 1. The molecule has 5 nitrogen and oxygen atoms in total. The topological polar surface area (TPSA) is 72.5 Å². The minimum Gasteiger partial charge on any atom is -0.497 e. The van der Waals surface area contributed by atoms with Gasteiger partial charge in [0.25, 0.3) is 0 Å². The molecule has 1 amide bonds. The van der Waals surface area contributed by atoms with Crippen LogP contribution in [0.3, 0.4) is 0 Å². The second-order valence-electron chi connectivity index (χ2n) is 2.79. The van der Waals surface area contributed by atoms with Gasteiger partial charge in [-0.3, -0.25) is 4.79 Å². The van der Waals surface area contributed by atoms with E-state index in [1.165, 1.54) is 6.92 Å². The Balaban J connectivity index is 0.000000437. The van der Waals surface area contributed by atoms with Crippen LogP contribution in [-0.4, -0.2) is 21.4 Å². The molecular weight excluding hydrogens is 289 g/mol. The molecule has 96 valence electrons. The third kappa shape index (κ3) is 11.3. The Kier molecular flexibility index (Phi) is 6.94. The van der Waals surface area contributed by atoms with Gasteiger partial charge in [0.2, 0.25) is 5.91 Å². The van der Waals surface area contributed by atoms with Crippen LogP contribution in [0.1, 0.15) is 6.92 Å². The summed E-state index contributed by atoms with van der Waals surface area (Å²) < 4.78 is 23.3. The summed E-state index contributed by atoms with van der Waals surface area (Å²) in [5, 5.41) is 2.66. The van der Waals surface area contributed by atoms with Crippen molar-refractivity contribution in [3.05, 3.63) is 24.3 Å². The Morgan fingerprint density at radius 1 is 1.24 bits per heavy atom. The molecule has 0 aromatic heterocycles. The van der Waals surface area contributed by atoms with E-state index in [4.69, 9.17) is 13.2 Å². The molecule has 0 atom stereocenters. The first-order valence-corrected chi connectivity index (χ1v) is 7.42. The van der Waals surface area contributed by atoms with E-state index in [9.17, 15) is 4.79 Å². The molecule has 0 spiro atoms. The third-order valence-corrected chi connectivity index (χ3v) is 1.41. The number of rotatable bonds is 2. The molecule has 1 aromatic rings. The standard InChI is InChI=1S/C9H11NO2.Cl2O2S/c1-7(11)10-8-3-5-9(12-2)6-4-8;1-5(2,3)4/h3-6H,1-2H3,(H,10,11);. The van der Waals surface area contributed by atoms with Gasteiger partial charge in [-0.1, -0.05) is 0 Å². The molecule has 0 fully saturated rings. The van der Waals surface area contributed by atoms with Gasteiger partial charge in [0.15, 0.2) is 0 Å². The highest BCUT2D eigenvalue weighted by atomic mass is 36.0. The van der Waals surface area contributed by atoms with Gasteiger partial charge in [0, 0.05) is 34.0 Å². The Morgan fingerprint density at radius 3 is 1.94 bits per heavy atom. The minimum absolute atomic E-state index is 0.0693. The Morgan fingerprint density at radius 2 is 1.65 bits per heavy atom. The fourth-order valence-corrected chi connectivity index (χ4v) is 0.878. The van der Waals surface area contributed by atoms with Crippen molar-refractivity contribution in [2.45, 2.75) is 6.92 Å². The molecule has 1 N–H and O–H groups in total. The summed E-state index contributed by atoms with van der Waals surface area (Å²) >= 11 is 0. The third-order valence-electron chi connectivity index (χ3n) is 1.41. The minimum atomic E-state index is -3.72. The number of carbonyl (C=O) groups is 1. The molecule has 0 aliphatic rings. The van der Waals surface area contributed by atoms with Gasteiger partial charge in [-0.15, -0.1) is 0 Å². The zero-order valence-electron chi connectivity index (χ0n) is 9.11. The summed E-state index contributed by atoms with van der Waals surface area (Å²) in [7, 11) is 6.42. The number of halogens is 2. The van der Waals surface area contributed by atoms with Crippen LogP contribution in [0, 0.1) is 0 Å². The second-order valence-corrected chi connectivity index (χ2v) is 6.46. The molecular formula is C9H11Cl2NO4S. The maximum absolute atomic E-state index is 10.6. The molecule has 0 bridgehead atoms. The number of hydrogen-bond acceptors (Lipinski definition) is 4. The number of anilines is 1. The van der Waals surface area contributed by atoms with Gasteiger partial charge >= 0.3 is 8.26 Å². The van der Waals surface area contributed by atoms with E-state index in [-0.39, 0.29) is 5.91 Å². The van der Waals surface area contributed by atoms with Crippen molar-refractivity contribution in [1.82, 2.24) is 0 Å². The van der Waals surface area contributed by atoms with Crippen molar-refractivity contribution in [3.8, 4) is 5.75 Å². The van der Waals surface area contributed by atoms with Crippen LogP contribution in [0.15, 0.2) is 24.3 Å². The van der Waals surface area contributed by atoms with E-state index in [2.05, 4.69) is 26.7 Å². The van der Waals surface area contributed by atoms with Crippen LogP contribution < -0.4 is 10.1 Å². The lowest BCUT2D eigenvalue weighted by molar-refractivity contribution is -0.114. The van der Waals surface area contributed by atoms with Gasteiger partial charge in [-0.05, 0) is 24.3 Å². The average Bonchev–Trinajstić information content (AvgIpc) is 2.15. The smallest absolute Gasteiger partial charge is 0.317 e. The second kappa shape index (κ2) is 7.37. The first-order valence-electron chi connectivity index (χ1n) is 4.28. The zero-order chi connectivity index (χ0) is 13.5. The van der Waals surface area contributed by atoms with Gasteiger partial charge in [-0.2, -0.15) is 8.42 Å². The number of nitrogens with one attached hydrogen (secondary N) is 1. The fourth-order valence-electron chi connectivity index (χ4n) is 0.878. The van der Waals surface area contributed by atoms with Gasteiger partial charge in [0.1, 0.15) is 5.75 Å². The highest BCUT2D eigenvalue weighted by molar-refractivity contribution is 8.31.